The van der Waals surface area contributed by atoms with E-state index in [1.165, 1.54) is 7.11 Å². The Morgan fingerprint density at radius 3 is 2.69 bits per heavy atom. The minimum Gasteiger partial charge on any atom is -0.376 e. The highest BCUT2D eigenvalue weighted by molar-refractivity contribution is 6.31. The molecule has 9 nitrogen and oxygen atoms in total. The molecule has 2 heterocycles. The fourth-order valence-electron chi connectivity index (χ4n) is 3.57. The fourth-order valence-corrected chi connectivity index (χ4v) is 3.75. The summed E-state index contributed by atoms with van der Waals surface area (Å²) in [5.74, 6) is -1.41. The Morgan fingerprint density at radius 2 is 2.07 bits per heavy atom. The van der Waals surface area contributed by atoms with Crippen LogP contribution in [0.15, 0.2) is 18.2 Å². The zero-order valence-corrected chi connectivity index (χ0v) is 17.5. The van der Waals surface area contributed by atoms with E-state index in [0.717, 1.165) is 5.56 Å². The number of ether oxygens (including phenoxy) is 4. The molecule has 2 aliphatic heterocycles. The van der Waals surface area contributed by atoms with E-state index in [2.05, 4.69) is 10.6 Å². The van der Waals surface area contributed by atoms with Crippen molar-refractivity contribution in [2.75, 3.05) is 12.4 Å². The number of nitrogens with two attached hydrogens (primary N) is 1. The molecule has 2 saturated heterocycles. The van der Waals surface area contributed by atoms with Gasteiger partial charge in [0.05, 0.1) is 6.04 Å². The minimum atomic E-state index is -0.814. The van der Waals surface area contributed by atoms with E-state index >= 15 is 0 Å². The lowest BCUT2D eigenvalue weighted by atomic mass is 10.0. The van der Waals surface area contributed by atoms with Crippen molar-refractivity contribution in [3.8, 4) is 0 Å². The Kier molecular flexibility index (Phi) is 6.35. The Balaban J connectivity index is 1.71. The summed E-state index contributed by atoms with van der Waals surface area (Å²) in [6.45, 7) is 5.41. The monoisotopic (exact) mass is 427 g/mol. The van der Waals surface area contributed by atoms with Crippen LogP contribution in [-0.4, -0.2) is 55.5 Å². The van der Waals surface area contributed by atoms with Crippen molar-refractivity contribution in [3.63, 3.8) is 0 Å². The summed E-state index contributed by atoms with van der Waals surface area (Å²) >= 11 is 6.09. The number of amides is 3. The molecule has 0 aromatic heterocycles. The van der Waals surface area contributed by atoms with Crippen LogP contribution < -0.4 is 16.4 Å². The van der Waals surface area contributed by atoms with Gasteiger partial charge < -0.3 is 35.3 Å². The molecule has 160 valence electrons. The molecule has 3 amide bonds. The lowest BCUT2D eigenvalue weighted by Crippen LogP contribution is -2.52. The molecule has 1 aromatic rings. The molecule has 2 aliphatic rings. The van der Waals surface area contributed by atoms with Gasteiger partial charge in [-0.1, -0.05) is 17.7 Å². The third kappa shape index (κ3) is 4.99. The third-order valence-corrected chi connectivity index (χ3v) is 5.27. The standard InChI is InChI=1S/C19H26ClN3O6/c1-9-5-6-10(7-11(9)20)22-18(25)23-12(8-13(21)24)14-15(26-4)16-17(27-14)29-19(2,3)28-16/h5-7,12,14-17H,8H2,1-4H3,(H2,21,24)(H2,22,23,25)/t12-,14+,15-,16+,17+/m0/s1. The second kappa shape index (κ2) is 8.45. The zero-order valence-electron chi connectivity index (χ0n) is 16.7. The van der Waals surface area contributed by atoms with E-state index in [0.29, 0.717) is 10.7 Å². The van der Waals surface area contributed by atoms with E-state index in [1.807, 2.05) is 6.92 Å². The normalized spacial score (nSPS) is 28.6. The van der Waals surface area contributed by atoms with Crippen molar-refractivity contribution in [2.45, 2.75) is 63.6 Å². The summed E-state index contributed by atoms with van der Waals surface area (Å²) in [5.41, 5.74) is 6.79. The molecule has 0 unspecified atom stereocenters. The maximum Gasteiger partial charge on any atom is 0.319 e. The van der Waals surface area contributed by atoms with E-state index in [1.54, 1.807) is 32.0 Å². The van der Waals surface area contributed by atoms with Crippen LogP contribution in [-0.2, 0) is 23.7 Å². The van der Waals surface area contributed by atoms with Gasteiger partial charge >= 0.3 is 6.03 Å². The van der Waals surface area contributed by atoms with Crippen LogP contribution in [0, 0.1) is 6.92 Å². The maximum atomic E-state index is 12.5. The van der Waals surface area contributed by atoms with Gasteiger partial charge in [0, 0.05) is 24.2 Å². The van der Waals surface area contributed by atoms with Gasteiger partial charge in [-0.25, -0.2) is 4.79 Å². The van der Waals surface area contributed by atoms with Crippen LogP contribution in [0.5, 0.6) is 0 Å². The van der Waals surface area contributed by atoms with Gasteiger partial charge in [0.1, 0.15) is 18.3 Å². The summed E-state index contributed by atoms with van der Waals surface area (Å²) in [5, 5.41) is 5.95. The molecule has 0 radical (unpaired) electrons. The second-order valence-electron chi connectivity index (χ2n) is 7.61. The molecule has 0 aliphatic carbocycles. The fraction of sp³-hybridized carbons (Fsp3) is 0.579. The number of aryl methyl sites for hydroxylation is 1. The number of rotatable bonds is 6. The zero-order chi connectivity index (χ0) is 21.3. The van der Waals surface area contributed by atoms with Crippen molar-refractivity contribution in [1.82, 2.24) is 5.32 Å². The first kappa shape index (κ1) is 21.8. The number of primary amides is 1. The summed E-state index contributed by atoms with van der Waals surface area (Å²) < 4.78 is 23.1. The van der Waals surface area contributed by atoms with Crippen molar-refractivity contribution < 1.29 is 28.5 Å². The van der Waals surface area contributed by atoms with Gasteiger partial charge in [0.15, 0.2) is 12.1 Å². The Morgan fingerprint density at radius 1 is 1.34 bits per heavy atom. The van der Waals surface area contributed by atoms with Crippen molar-refractivity contribution in [3.05, 3.63) is 28.8 Å². The smallest absolute Gasteiger partial charge is 0.319 e. The molecule has 0 bridgehead atoms. The number of hydrogen-bond donors (Lipinski definition) is 3. The van der Waals surface area contributed by atoms with Crippen molar-refractivity contribution in [1.29, 1.82) is 0 Å². The third-order valence-electron chi connectivity index (χ3n) is 4.86. The molecule has 10 heteroatoms. The molecule has 29 heavy (non-hydrogen) atoms. The summed E-state index contributed by atoms with van der Waals surface area (Å²) in [6.07, 6.45) is -2.55. The van der Waals surface area contributed by atoms with Gasteiger partial charge in [-0.15, -0.1) is 0 Å². The molecular weight excluding hydrogens is 402 g/mol. The van der Waals surface area contributed by atoms with Gasteiger partial charge in [0.2, 0.25) is 5.91 Å². The highest BCUT2D eigenvalue weighted by Crippen LogP contribution is 2.39. The van der Waals surface area contributed by atoms with E-state index < -0.39 is 48.4 Å². The van der Waals surface area contributed by atoms with Crippen LogP contribution in [0.3, 0.4) is 0 Å². The number of benzene rings is 1. The molecular formula is C19H26ClN3O6. The Labute approximate surface area is 174 Å². The SMILES string of the molecule is CO[C@@H]1[C@H]2OC(C)(C)O[C@H]2O[C@@H]1[C@H](CC(N)=O)NC(=O)Nc1ccc(C)c(Cl)c1. The van der Waals surface area contributed by atoms with Crippen LogP contribution in [0.1, 0.15) is 25.8 Å². The molecule has 1 aromatic carbocycles. The van der Waals surface area contributed by atoms with Gasteiger partial charge in [0.25, 0.3) is 0 Å². The number of halogens is 1. The number of urea groups is 1. The Bertz CT molecular complexity index is 789. The summed E-state index contributed by atoms with van der Waals surface area (Å²) in [4.78, 5) is 24.1. The van der Waals surface area contributed by atoms with Crippen LogP contribution >= 0.6 is 11.6 Å². The first-order chi connectivity index (χ1) is 13.6. The summed E-state index contributed by atoms with van der Waals surface area (Å²) in [6, 6.07) is 3.87. The second-order valence-corrected chi connectivity index (χ2v) is 8.02. The highest BCUT2D eigenvalue weighted by atomic mass is 35.5. The van der Waals surface area contributed by atoms with E-state index in [4.69, 9.17) is 36.3 Å². The van der Waals surface area contributed by atoms with Crippen LogP contribution in [0.2, 0.25) is 5.02 Å². The average Bonchev–Trinajstić information content (AvgIpc) is 3.08. The first-order valence-corrected chi connectivity index (χ1v) is 9.63. The minimum absolute atomic E-state index is 0.143. The average molecular weight is 428 g/mol. The van der Waals surface area contributed by atoms with Crippen molar-refractivity contribution >= 4 is 29.2 Å². The van der Waals surface area contributed by atoms with Crippen LogP contribution in [0.25, 0.3) is 0 Å². The molecule has 0 spiro atoms. The number of nitrogens with one attached hydrogen (secondary N) is 2. The lowest BCUT2D eigenvalue weighted by Gasteiger charge is -2.30. The highest BCUT2D eigenvalue weighted by Gasteiger charge is 2.57. The number of anilines is 1. The topological polar surface area (TPSA) is 121 Å². The van der Waals surface area contributed by atoms with Gasteiger partial charge in [-0.2, -0.15) is 0 Å². The Hall–Kier alpha value is -1.91. The molecule has 2 fully saturated rings. The number of methoxy groups -OCH3 is 1. The number of carbonyl (C=O) groups is 2. The lowest BCUT2D eigenvalue weighted by molar-refractivity contribution is -0.219. The molecule has 3 rings (SSSR count). The molecule has 0 saturated carbocycles. The van der Waals surface area contributed by atoms with E-state index in [9.17, 15) is 9.59 Å². The molecule has 4 N–H and O–H groups in total. The maximum absolute atomic E-state index is 12.5. The quantitative estimate of drug-likeness (QED) is 0.637. The van der Waals surface area contributed by atoms with Gasteiger partial charge in [-0.3, -0.25) is 4.79 Å². The van der Waals surface area contributed by atoms with Crippen molar-refractivity contribution in [2.24, 2.45) is 5.73 Å². The largest absolute Gasteiger partial charge is 0.376 e. The first-order valence-electron chi connectivity index (χ1n) is 9.25. The van der Waals surface area contributed by atoms with E-state index in [-0.39, 0.29) is 6.42 Å². The molecule has 5 atom stereocenters. The number of carbonyl (C=O) groups excluding carboxylic acids is 2. The summed E-state index contributed by atoms with van der Waals surface area (Å²) in [7, 11) is 1.51. The predicted molar refractivity (Wildman–Crippen MR) is 105 cm³/mol. The van der Waals surface area contributed by atoms with Crippen LogP contribution in [0.4, 0.5) is 10.5 Å². The van der Waals surface area contributed by atoms with Gasteiger partial charge in [-0.05, 0) is 38.5 Å². The predicted octanol–water partition coefficient (Wildman–Crippen LogP) is 1.91. The number of fused-ring (bicyclic) bond motifs is 1. The number of hydrogen-bond acceptors (Lipinski definition) is 6.